The molecule has 0 aromatic rings. The monoisotopic (exact) mass is 251 g/mol. The Morgan fingerprint density at radius 2 is 2.22 bits per heavy atom. The summed E-state index contributed by atoms with van der Waals surface area (Å²) in [7, 11) is 2.12. The molecule has 3 heteroatoms. The van der Waals surface area contributed by atoms with Crippen molar-refractivity contribution >= 4 is 5.96 Å². The van der Waals surface area contributed by atoms with Gasteiger partial charge < -0.3 is 10.2 Å². The van der Waals surface area contributed by atoms with Crippen LogP contribution < -0.4 is 5.32 Å². The number of allylic oxidation sites excluding steroid dienone is 1. The fourth-order valence-electron chi connectivity index (χ4n) is 2.02. The minimum Gasteiger partial charge on any atom is -0.357 e. The molecule has 1 N–H and O–H groups in total. The molecule has 0 aromatic carbocycles. The first-order valence-corrected chi connectivity index (χ1v) is 7.38. The molecule has 0 unspecified atom stereocenters. The van der Waals surface area contributed by atoms with Crippen molar-refractivity contribution in [1.29, 1.82) is 0 Å². The second-order valence-corrected chi connectivity index (χ2v) is 5.17. The molecule has 0 bridgehead atoms. The van der Waals surface area contributed by atoms with Gasteiger partial charge >= 0.3 is 0 Å². The van der Waals surface area contributed by atoms with Crippen molar-refractivity contribution < 1.29 is 0 Å². The smallest absolute Gasteiger partial charge is 0.193 e. The van der Waals surface area contributed by atoms with Crippen molar-refractivity contribution in [1.82, 2.24) is 10.2 Å². The summed E-state index contributed by atoms with van der Waals surface area (Å²) in [5.41, 5.74) is 0. The highest BCUT2D eigenvalue weighted by molar-refractivity contribution is 5.79. The maximum absolute atomic E-state index is 4.70. The van der Waals surface area contributed by atoms with Crippen molar-refractivity contribution in [2.24, 2.45) is 10.9 Å². The average Bonchev–Trinajstić information content (AvgIpc) is 3.17. The maximum Gasteiger partial charge on any atom is 0.193 e. The number of unbranched alkanes of at least 4 members (excludes halogenated alkanes) is 1. The average molecular weight is 251 g/mol. The van der Waals surface area contributed by atoms with E-state index in [2.05, 4.69) is 30.8 Å². The Morgan fingerprint density at radius 3 is 2.83 bits per heavy atom. The van der Waals surface area contributed by atoms with Gasteiger partial charge in [-0.2, -0.15) is 0 Å². The van der Waals surface area contributed by atoms with Crippen LogP contribution >= 0.6 is 0 Å². The van der Waals surface area contributed by atoms with Gasteiger partial charge in [-0.1, -0.05) is 18.9 Å². The van der Waals surface area contributed by atoms with E-state index in [4.69, 9.17) is 4.99 Å². The lowest BCUT2D eigenvalue weighted by atomic mass is 10.2. The van der Waals surface area contributed by atoms with Gasteiger partial charge in [-0.15, -0.1) is 6.58 Å². The van der Waals surface area contributed by atoms with Crippen LogP contribution in [0.3, 0.4) is 0 Å². The molecule has 0 saturated heterocycles. The van der Waals surface area contributed by atoms with Crippen molar-refractivity contribution in [2.75, 3.05) is 26.7 Å². The van der Waals surface area contributed by atoms with Crippen LogP contribution in [0, 0.1) is 5.92 Å². The van der Waals surface area contributed by atoms with Crippen molar-refractivity contribution in [2.45, 2.75) is 45.4 Å². The molecular formula is C15H29N3. The molecule has 0 spiro atoms. The van der Waals surface area contributed by atoms with Gasteiger partial charge in [-0.3, -0.25) is 4.99 Å². The molecule has 1 fully saturated rings. The lowest BCUT2D eigenvalue weighted by Crippen LogP contribution is -2.39. The number of nitrogens with one attached hydrogen (secondary N) is 1. The standard InChI is InChI=1S/C15H29N3/c1-4-6-7-13-18(3)15(16-5-2)17-12-8-9-14-10-11-14/h4,14H,1,5-13H2,2-3H3,(H,16,17). The second-order valence-electron chi connectivity index (χ2n) is 5.17. The van der Waals surface area contributed by atoms with Gasteiger partial charge in [0.2, 0.25) is 0 Å². The van der Waals surface area contributed by atoms with Crippen LogP contribution in [0.4, 0.5) is 0 Å². The van der Waals surface area contributed by atoms with Crippen LogP contribution in [0.2, 0.25) is 0 Å². The molecule has 1 aliphatic carbocycles. The number of guanidine groups is 1. The molecule has 1 rings (SSSR count). The van der Waals surface area contributed by atoms with Crippen molar-refractivity contribution in [3.63, 3.8) is 0 Å². The lowest BCUT2D eigenvalue weighted by Gasteiger charge is -2.21. The Bertz CT molecular complexity index is 256. The second kappa shape index (κ2) is 9.01. The van der Waals surface area contributed by atoms with E-state index in [-0.39, 0.29) is 0 Å². The third kappa shape index (κ3) is 6.67. The summed E-state index contributed by atoms with van der Waals surface area (Å²) in [5.74, 6) is 2.07. The van der Waals surface area contributed by atoms with E-state index in [1.165, 1.54) is 25.7 Å². The van der Waals surface area contributed by atoms with E-state index in [1.807, 2.05) is 6.08 Å². The minimum absolute atomic E-state index is 0.938. The van der Waals surface area contributed by atoms with Crippen LogP contribution in [0.25, 0.3) is 0 Å². The van der Waals surface area contributed by atoms with Crippen LogP contribution in [0.5, 0.6) is 0 Å². The molecule has 1 saturated carbocycles. The Hall–Kier alpha value is -0.990. The SMILES string of the molecule is C=CCCCN(C)C(=NCCCC1CC1)NCC. The summed E-state index contributed by atoms with van der Waals surface area (Å²) in [5, 5.41) is 3.36. The van der Waals surface area contributed by atoms with Crippen LogP contribution in [0.1, 0.15) is 45.4 Å². The third-order valence-corrected chi connectivity index (χ3v) is 3.33. The van der Waals surface area contributed by atoms with Crippen molar-refractivity contribution in [3.05, 3.63) is 12.7 Å². The third-order valence-electron chi connectivity index (χ3n) is 3.33. The molecule has 0 amide bonds. The summed E-state index contributed by atoms with van der Waals surface area (Å²) in [6, 6.07) is 0. The van der Waals surface area contributed by atoms with Gasteiger partial charge in [-0.05, 0) is 38.5 Å². The normalized spacial score (nSPS) is 15.6. The molecule has 0 aliphatic heterocycles. The zero-order chi connectivity index (χ0) is 13.2. The summed E-state index contributed by atoms with van der Waals surface area (Å²) in [6.07, 6.45) is 9.70. The summed E-state index contributed by atoms with van der Waals surface area (Å²) in [6.45, 7) is 8.82. The zero-order valence-electron chi connectivity index (χ0n) is 12.1. The predicted octanol–water partition coefficient (Wildman–Crippen LogP) is 3.04. The van der Waals surface area contributed by atoms with E-state index in [0.29, 0.717) is 0 Å². The number of aliphatic imine (C=N–C) groups is 1. The number of rotatable bonds is 9. The topological polar surface area (TPSA) is 27.6 Å². The van der Waals surface area contributed by atoms with E-state index in [9.17, 15) is 0 Å². The predicted molar refractivity (Wildman–Crippen MR) is 80.0 cm³/mol. The van der Waals surface area contributed by atoms with E-state index < -0.39 is 0 Å². The van der Waals surface area contributed by atoms with E-state index in [0.717, 1.165) is 44.4 Å². The summed E-state index contributed by atoms with van der Waals surface area (Å²) < 4.78 is 0. The first-order chi connectivity index (χ1) is 8.77. The molecule has 1 aliphatic rings. The molecule has 0 atom stereocenters. The van der Waals surface area contributed by atoms with Gasteiger partial charge in [0.25, 0.3) is 0 Å². The first-order valence-electron chi connectivity index (χ1n) is 7.38. The molecule has 0 heterocycles. The quantitative estimate of drug-likeness (QED) is 0.295. The van der Waals surface area contributed by atoms with Crippen LogP contribution in [-0.4, -0.2) is 37.5 Å². The fourth-order valence-corrected chi connectivity index (χ4v) is 2.02. The van der Waals surface area contributed by atoms with E-state index >= 15 is 0 Å². The van der Waals surface area contributed by atoms with Crippen molar-refractivity contribution in [3.8, 4) is 0 Å². The molecule has 0 aromatic heterocycles. The zero-order valence-corrected chi connectivity index (χ0v) is 12.1. The summed E-state index contributed by atoms with van der Waals surface area (Å²) in [4.78, 5) is 6.92. The maximum atomic E-state index is 4.70. The lowest BCUT2D eigenvalue weighted by molar-refractivity contribution is 0.469. The number of hydrogen-bond acceptors (Lipinski definition) is 1. The first kappa shape index (κ1) is 15.1. The molecule has 18 heavy (non-hydrogen) atoms. The highest BCUT2D eigenvalue weighted by atomic mass is 15.3. The highest BCUT2D eigenvalue weighted by Gasteiger charge is 2.19. The van der Waals surface area contributed by atoms with E-state index in [1.54, 1.807) is 0 Å². The van der Waals surface area contributed by atoms with Crippen LogP contribution in [-0.2, 0) is 0 Å². The molecular weight excluding hydrogens is 222 g/mol. The fraction of sp³-hybridized carbons (Fsp3) is 0.800. The van der Waals surface area contributed by atoms with Gasteiger partial charge in [0.05, 0.1) is 0 Å². The Morgan fingerprint density at radius 1 is 1.44 bits per heavy atom. The minimum atomic E-state index is 0.938. The number of nitrogens with zero attached hydrogens (tertiary/aromatic N) is 2. The highest BCUT2D eigenvalue weighted by Crippen LogP contribution is 2.33. The largest absolute Gasteiger partial charge is 0.357 e. The van der Waals surface area contributed by atoms with Gasteiger partial charge in [-0.25, -0.2) is 0 Å². The molecule has 3 nitrogen and oxygen atoms in total. The van der Waals surface area contributed by atoms with Crippen LogP contribution in [0.15, 0.2) is 17.6 Å². The Kier molecular flexibility index (Phi) is 7.54. The Labute approximate surface area is 112 Å². The molecule has 104 valence electrons. The van der Waals surface area contributed by atoms with Gasteiger partial charge in [0.1, 0.15) is 0 Å². The van der Waals surface area contributed by atoms with Gasteiger partial charge in [0.15, 0.2) is 5.96 Å². The molecule has 0 radical (unpaired) electrons. The summed E-state index contributed by atoms with van der Waals surface area (Å²) >= 11 is 0. The van der Waals surface area contributed by atoms with Gasteiger partial charge in [0, 0.05) is 26.7 Å². The number of hydrogen-bond donors (Lipinski definition) is 1. The Balaban J connectivity index is 2.25.